The van der Waals surface area contributed by atoms with Crippen molar-refractivity contribution in [3.05, 3.63) is 131 Å². The van der Waals surface area contributed by atoms with E-state index < -0.39 is 0 Å². The van der Waals surface area contributed by atoms with Gasteiger partial charge in [0.2, 0.25) is 0 Å². The highest BCUT2D eigenvalue weighted by Crippen LogP contribution is 2.62. The fourth-order valence-corrected chi connectivity index (χ4v) is 5.37. The summed E-state index contributed by atoms with van der Waals surface area (Å²) in [7, 11) is 0. The molecule has 1 nitrogen and oxygen atoms in total. The van der Waals surface area contributed by atoms with Crippen LogP contribution in [-0.2, 0) is 10.8 Å². The number of rotatable bonds is 2. The highest BCUT2D eigenvalue weighted by Gasteiger charge is 2.56. The second-order valence-corrected chi connectivity index (χ2v) is 7.80. The molecule has 0 aromatic heterocycles. The van der Waals surface area contributed by atoms with E-state index in [2.05, 4.69) is 104 Å². The van der Waals surface area contributed by atoms with Crippen molar-refractivity contribution in [2.45, 2.75) is 24.2 Å². The molecule has 27 heavy (non-hydrogen) atoms. The van der Waals surface area contributed by atoms with E-state index in [0.29, 0.717) is 0 Å². The van der Waals surface area contributed by atoms with Gasteiger partial charge in [0.05, 0.1) is 5.41 Å². The number of nitrogens with two attached hydrogens (primary N) is 1. The van der Waals surface area contributed by atoms with Crippen molar-refractivity contribution in [2.24, 2.45) is 5.73 Å². The van der Waals surface area contributed by atoms with Gasteiger partial charge in [0, 0.05) is 11.1 Å². The largest absolute Gasteiger partial charge is 0.399 e. The van der Waals surface area contributed by atoms with Gasteiger partial charge in [0.1, 0.15) is 0 Å². The van der Waals surface area contributed by atoms with Crippen LogP contribution < -0.4 is 5.73 Å². The van der Waals surface area contributed by atoms with E-state index in [1.807, 2.05) is 0 Å². The van der Waals surface area contributed by atoms with Crippen LogP contribution >= 0.6 is 0 Å². The lowest BCUT2D eigenvalue weighted by Crippen LogP contribution is -2.36. The first-order valence-electron chi connectivity index (χ1n) is 9.57. The Morgan fingerprint density at radius 3 is 1.81 bits per heavy atom. The Morgan fingerprint density at radius 2 is 1.22 bits per heavy atom. The van der Waals surface area contributed by atoms with Gasteiger partial charge in [-0.05, 0) is 40.3 Å². The molecule has 0 heterocycles. The number of allylic oxidation sites excluding steroid dienone is 3. The van der Waals surface area contributed by atoms with Gasteiger partial charge in [0.15, 0.2) is 0 Å². The van der Waals surface area contributed by atoms with Gasteiger partial charge < -0.3 is 5.73 Å². The standard InChI is InChI=1S/C26H23N/c1-25-18-10-17-23(27)24(25)26(19-11-4-2-5-12-19,20-13-6-3-7-14-20)22-16-9-8-15-21(22)25/h2-17H,18,27H2,1H3. The Hall–Kier alpha value is -3.06. The first-order valence-corrected chi connectivity index (χ1v) is 9.57. The molecule has 0 saturated carbocycles. The third kappa shape index (κ3) is 2.00. The van der Waals surface area contributed by atoms with Crippen LogP contribution in [0.1, 0.15) is 35.6 Å². The highest BCUT2D eigenvalue weighted by molar-refractivity contribution is 5.72. The van der Waals surface area contributed by atoms with Crippen LogP contribution in [0.15, 0.2) is 108 Å². The monoisotopic (exact) mass is 349 g/mol. The summed E-state index contributed by atoms with van der Waals surface area (Å²) >= 11 is 0. The normalized spacial score (nSPS) is 22.4. The van der Waals surface area contributed by atoms with Crippen molar-refractivity contribution < 1.29 is 0 Å². The molecule has 0 saturated heterocycles. The molecule has 0 spiro atoms. The van der Waals surface area contributed by atoms with Crippen molar-refractivity contribution in [1.82, 2.24) is 0 Å². The maximum absolute atomic E-state index is 6.73. The van der Waals surface area contributed by atoms with Crippen molar-refractivity contribution in [2.75, 3.05) is 0 Å². The summed E-state index contributed by atoms with van der Waals surface area (Å²) in [5.41, 5.74) is 13.8. The molecule has 132 valence electrons. The lowest BCUT2D eigenvalue weighted by molar-refractivity contribution is 0.532. The van der Waals surface area contributed by atoms with Crippen molar-refractivity contribution >= 4 is 0 Å². The van der Waals surface area contributed by atoms with Crippen LogP contribution in [0.25, 0.3) is 0 Å². The number of hydrogen-bond donors (Lipinski definition) is 1. The van der Waals surface area contributed by atoms with Gasteiger partial charge in [0.25, 0.3) is 0 Å². The topological polar surface area (TPSA) is 26.0 Å². The molecule has 2 aliphatic carbocycles. The molecule has 0 bridgehead atoms. The fourth-order valence-electron chi connectivity index (χ4n) is 5.37. The van der Waals surface area contributed by atoms with Gasteiger partial charge in [-0.2, -0.15) is 0 Å². The lowest BCUT2D eigenvalue weighted by atomic mass is 9.62. The number of hydrogen-bond acceptors (Lipinski definition) is 1. The van der Waals surface area contributed by atoms with Crippen molar-refractivity contribution in [3.63, 3.8) is 0 Å². The van der Waals surface area contributed by atoms with Gasteiger partial charge in [-0.15, -0.1) is 0 Å². The summed E-state index contributed by atoms with van der Waals surface area (Å²) in [6, 6.07) is 30.6. The van der Waals surface area contributed by atoms with E-state index in [-0.39, 0.29) is 10.8 Å². The summed E-state index contributed by atoms with van der Waals surface area (Å²) in [5, 5.41) is 0. The van der Waals surface area contributed by atoms with E-state index in [1.165, 1.54) is 27.8 Å². The molecule has 1 atom stereocenters. The van der Waals surface area contributed by atoms with Crippen molar-refractivity contribution in [1.29, 1.82) is 0 Å². The Kier molecular flexibility index (Phi) is 3.42. The minimum Gasteiger partial charge on any atom is -0.399 e. The first kappa shape index (κ1) is 16.1. The van der Waals surface area contributed by atoms with Gasteiger partial charge in [-0.3, -0.25) is 0 Å². The zero-order valence-corrected chi connectivity index (χ0v) is 15.5. The van der Waals surface area contributed by atoms with Gasteiger partial charge in [-0.1, -0.05) is 97.9 Å². The van der Waals surface area contributed by atoms with E-state index in [1.54, 1.807) is 0 Å². The second kappa shape index (κ2) is 5.72. The van der Waals surface area contributed by atoms with E-state index in [0.717, 1.165) is 12.1 Å². The van der Waals surface area contributed by atoms with Crippen LogP contribution in [0.5, 0.6) is 0 Å². The minimum atomic E-state index is -0.358. The Balaban J connectivity index is 2.00. The zero-order chi connectivity index (χ0) is 18.5. The lowest BCUT2D eigenvalue weighted by Gasteiger charge is -2.40. The smallest absolute Gasteiger partial charge is 0.0695 e. The third-order valence-corrected chi connectivity index (χ3v) is 6.38. The predicted octanol–water partition coefficient (Wildman–Crippen LogP) is 5.47. The summed E-state index contributed by atoms with van der Waals surface area (Å²) in [6.07, 6.45) is 5.30. The Morgan fingerprint density at radius 1 is 0.704 bits per heavy atom. The predicted molar refractivity (Wildman–Crippen MR) is 112 cm³/mol. The molecule has 2 N–H and O–H groups in total. The van der Waals surface area contributed by atoms with E-state index in [4.69, 9.17) is 5.73 Å². The van der Waals surface area contributed by atoms with Gasteiger partial charge >= 0.3 is 0 Å². The minimum absolute atomic E-state index is 0.0961. The quantitative estimate of drug-likeness (QED) is 0.653. The molecule has 1 unspecified atom stereocenters. The zero-order valence-electron chi connectivity index (χ0n) is 15.5. The van der Waals surface area contributed by atoms with Crippen LogP contribution in [0, 0.1) is 0 Å². The summed E-state index contributed by atoms with van der Waals surface area (Å²) < 4.78 is 0. The van der Waals surface area contributed by atoms with Crippen LogP contribution in [-0.4, -0.2) is 0 Å². The van der Waals surface area contributed by atoms with Gasteiger partial charge in [-0.25, -0.2) is 0 Å². The fraction of sp³-hybridized carbons (Fsp3) is 0.154. The molecule has 0 radical (unpaired) electrons. The molecule has 0 amide bonds. The third-order valence-electron chi connectivity index (χ3n) is 6.38. The number of benzene rings is 3. The molecular weight excluding hydrogens is 326 g/mol. The average molecular weight is 349 g/mol. The molecule has 3 aromatic carbocycles. The Bertz CT molecular complexity index is 1020. The van der Waals surface area contributed by atoms with Crippen molar-refractivity contribution in [3.8, 4) is 0 Å². The highest BCUT2D eigenvalue weighted by atomic mass is 14.7. The maximum atomic E-state index is 6.73. The first-order chi connectivity index (χ1) is 13.2. The summed E-state index contributed by atoms with van der Waals surface area (Å²) in [4.78, 5) is 0. The van der Waals surface area contributed by atoms with Crippen LogP contribution in [0.2, 0.25) is 0 Å². The summed E-state index contributed by atoms with van der Waals surface area (Å²) in [6.45, 7) is 2.35. The molecule has 0 fully saturated rings. The molecule has 0 aliphatic heterocycles. The molecular formula is C26H23N. The average Bonchev–Trinajstić information content (AvgIpc) is 2.97. The molecule has 2 aliphatic rings. The van der Waals surface area contributed by atoms with E-state index >= 15 is 0 Å². The van der Waals surface area contributed by atoms with Crippen LogP contribution in [0.3, 0.4) is 0 Å². The van der Waals surface area contributed by atoms with Crippen LogP contribution in [0.4, 0.5) is 0 Å². The SMILES string of the molecule is CC12CC=CC(N)=C1C(c1ccccc1)(c1ccccc1)c1ccccc12. The molecule has 5 rings (SSSR count). The molecule has 3 aromatic rings. The maximum Gasteiger partial charge on any atom is 0.0695 e. The Labute approximate surface area is 160 Å². The van der Waals surface area contributed by atoms with E-state index in [9.17, 15) is 0 Å². The second-order valence-electron chi connectivity index (χ2n) is 7.80. The summed E-state index contributed by atoms with van der Waals surface area (Å²) in [5.74, 6) is 0. The number of fused-ring (bicyclic) bond motifs is 3. The molecule has 1 heteroatoms.